The fourth-order valence-electron chi connectivity index (χ4n) is 2.72. The molecule has 0 fully saturated rings. The molecule has 5 nitrogen and oxygen atoms in total. The van der Waals surface area contributed by atoms with Crippen molar-refractivity contribution in [2.45, 2.75) is 76.4 Å². The number of carbonyl (C=O) groups excluding carboxylic acids is 1. The van der Waals surface area contributed by atoms with Gasteiger partial charge in [-0.1, -0.05) is 50.1 Å². The number of quaternary nitrogens is 1. The van der Waals surface area contributed by atoms with Gasteiger partial charge in [0.25, 0.3) is 0 Å². The van der Waals surface area contributed by atoms with Crippen molar-refractivity contribution >= 4 is 17.0 Å². The minimum Gasteiger partial charge on any atom is -0.772 e. The first-order valence-corrected chi connectivity index (χ1v) is 10.5. The minimum atomic E-state index is -1.93. The molecule has 0 aliphatic carbocycles. The maximum absolute atomic E-state index is 11.7. The Morgan fingerprint density at radius 1 is 1.04 bits per heavy atom. The molecule has 0 aliphatic heterocycles. The van der Waals surface area contributed by atoms with E-state index in [9.17, 15) is 13.6 Å². The normalized spacial score (nSPS) is 13.8. The zero-order valence-corrected chi connectivity index (χ0v) is 20.0. The summed E-state index contributed by atoms with van der Waals surface area (Å²) in [6, 6.07) is 0. The largest absolute Gasteiger partial charge is 1.00 e. The number of nitrogens with one attached hydrogen (secondary N) is 1. The molecule has 2 unspecified atom stereocenters. The van der Waals surface area contributed by atoms with Crippen LogP contribution in [0.25, 0.3) is 0 Å². The van der Waals surface area contributed by atoms with Crippen LogP contribution in [0.3, 0.4) is 0 Å². The van der Waals surface area contributed by atoms with E-state index in [2.05, 4.69) is 26.5 Å². The summed E-state index contributed by atoms with van der Waals surface area (Å²) in [7, 11) is 6.46. The molecule has 0 aromatic rings. The topological polar surface area (TPSA) is 69.2 Å². The van der Waals surface area contributed by atoms with E-state index in [0.29, 0.717) is 6.42 Å². The van der Waals surface area contributed by atoms with Crippen LogP contribution in [-0.4, -0.2) is 58.6 Å². The quantitative estimate of drug-likeness (QED) is 0.186. The van der Waals surface area contributed by atoms with Crippen LogP contribution in [0.5, 0.6) is 0 Å². The Hall–Kier alpha value is 0.540. The van der Waals surface area contributed by atoms with Crippen molar-refractivity contribution in [3.63, 3.8) is 0 Å². The number of unbranched alkanes of at least 4 members (excludes halogenated alkanes) is 4. The Bertz CT molecular complexity index is 363. The van der Waals surface area contributed by atoms with Gasteiger partial charge in [-0.15, -0.1) is 0 Å². The molecule has 0 aromatic carbocycles. The predicted molar refractivity (Wildman–Crippen MR) is 100 cm³/mol. The van der Waals surface area contributed by atoms with Crippen LogP contribution in [-0.2, 0) is 15.9 Å². The molecule has 0 saturated carbocycles. The molecule has 0 spiro atoms. The maximum atomic E-state index is 11.7. The van der Waals surface area contributed by atoms with Crippen LogP contribution >= 0.6 is 0 Å². The third-order valence-corrected chi connectivity index (χ3v) is 5.16. The molecule has 0 saturated heterocycles. The van der Waals surface area contributed by atoms with Crippen molar-refractivity contribution in [3.05, 3.63) is 0 Å². The number of nitrogens with zero attached hydrogens (tertiary/aromatic N) is 1. The molecular weight excluding hydrogens is 347 g/mol. The van der Waals surface area contributed by atoms with Gasteiger partial charge in [0.15, 0.2) is 0 Å². The second kappa shape index (κ2) is 16.7. The first-order valence-electron chi connectivity index (χ1n) is 9.41. The molecule has 0 aliphatic rings. The molecule has 0 bridgehead atoms. The predicted octanol–water partition coefficient (Wildman–Crippen LogP) is -0.0186. The zero-order valence-electron chi connectivity index (χ0n) is 17.1. The summed E-state index contributed by atoms with van der Waals surface area (Å²) in [5.41, 5.74) is 0. The Morgan fingerprint density at radius 2 is 1.64 bits per heavy atom. The SMILES string of the molecule is CCCC(CCCCCCCC(=O)NCCC[N+](C)(C)C)S(=O)[O-].[Na+]. The second-order valence-electron chi connectivity index (χ2n) is 7.70. The molecule has 0 rings (SSSR count). The van der Waals surface area contributed by atoms with E-state index in [1.807, 2.05) is 6.92 Å². The summed E-state index contributed by atoms with van der Waals surface area (Å²) in [4.78, 5) is 11.7. The molecule has 0 aromatic heterocycles. The van der Waals surface area contributed by atoms with Crippen LogP contribution in [0.4, 0.5) is 0 Å². The van der Waals surface area contributed by atoms with E-state index in [1.165, 1.54) is 0 Å². The summed E-state index contributed by atoms with van der Waals surface area (Å²) in [6.45, 7) is 3.85. The van der Waals surface area contributed by atoms with Gasteiger partial charge in [0.2, 0.25) is 5.91 Å². The molecule has 0 radical (unpaired) electrons. The van der Waals surface area contributed by atoms with Gasteiger partial charge in [-0.05, 0) is 19.3 Å². The third kappa shape index (κ3) is 19.1. The van der Waals surface area contributed by atoms with Crippen molar-refractivity contribution in [2.75, 3.05) is 34.2 Å². The molecule has 2 atom stereocenters. The van der Waals surface area contributed by atoms with Gasteiger partial charge in [-0.3, -0.25) is 9.00 Å². The first kappa shape index (κ1) is 27.8. The van der Waals surface area contributed by atoms with Gasteiger partial charge in [0.1, 0.15) is 0 Å². The average Bonchev–Trinajstić information content (AvgIpc) is 2.48. The van der Waals surface area contributed by atoms with Crippen LogP contribution in [0.15, 0.2) is 0 Å². The Morgan fingerprint density at radius 3 is 2.20 bits per heavy atom. The van der Waals surface area contributed by atoms with Gasteiger partial charge < -0.3 is 14.4 Å². The van der Waals surface area contributed by atoms with Crippen LogP contribution in [0.1, 0.15) is 71.1 Å². The molecule has 25 heavy (non-hydrogen) atoms. The fourth-order valence-corrected chi connectivity index (χ4v) is 3.50. The summed E-state index contributed by atoms with van der Waals surface area (Å²) in [5.74, 6) is 0.154. The molecule has 7 heteroatoms. The minimum absolute atomic E-state index is 0. The Kier molecular flexibility index (Phi) is 18.5. The molecular formula is C18H38N2NaO3S+. The Balaban J connectivity index is 0. The van der Waals surface area contributed by atoms with Crippen LogP contribution < -0.4 is 34.9 Å². The van der Waals surface area contributed by atoms with Gasteiger partial charge in [0, 0.05) is 24.6 Å². The fraction of sp³-hybridized carbons (Fsp3) is 0.944. The van der Waals surface area contributed by atoms with Gasteiger partial charge >= 0.3 is 29.6 Å². The van der Waals surface area contributed by atoms with Crippen molar-refractivity contribution in [1.29, 1.82) is 0 Å². The number of hydrogen-bond acceptors (Lipinski definition) is 3. The molecule has 144 valence electrons. The Labute approximate surface area is 179 Å². The number of rotatable bonds is 15. The van der Waals surface area contributed by atoms with E-state index in [4.69, 9.17) is 0 Å². The van der Waals surface area contributed by atoms with Crippen molar-refractivity contribution < 1.29 is 47.6 Å². The monoisotopic (exact) mass is 385 g/mol. The summed E-state index contributed by atoms with van der Waals surface area (Å²) in [6.07, 6.45) is 9.15. The van der Waals surface area contributed by atoms with E-state index in [1.54, 1.807) is 0 Å². The smallest absolute Gasteiger partial charge is 0.772 e. The summed E-state index contributed by atoms with van der Waals surface area (Å²) >= 11 is -1.93. The van der Waals surface area contributed by atoms with Crippen molar-refractivity contribution in [2.24, 2.45) is 0 Å². The number of hydrogen-bond donors (Lipinski definition) is 1. The number of amides is 1. The first-order chi connectivity index (χ1) is 11.3. The molecule has 1 amide bonds. The van der Waals surface area contributed by atoms with Crippen LogP contribution in [0, 0.1) is 0 Å². The zero-order chi connectivity index (χ0) is 18.4. The van der Waals surface area contributed by atoms with E-state index >= 15 is 0 Å². The van der Waals surface area contributed by atoms with Gasteiger partial charge in [0.05, 0.1) is 27.7 Å². The second-order valence-corrected chi connectivity index (χ2v) is 8.88. The molecule has 0 heterocycles. The number of carbonyl (C=O) groups is 1. The standard InChI is InChI=1S/C18H38N2O3S.Na/c1-5-12-17(24(22)23)13-9-7-6-8-10-14-18(21)19-15-11-16-20(2,3)4;/h17H,5-16H2,1-4H3,(H-,19,21,22,23);/q;+1. The van der Waals surface area contributed by atoms with E-state index < -0.39 is 11.1 Å². The van der Waals surface area contributed by atoms with Crippen LogP contribution in [0.2, 0.25) is 0 Å². The van der Waals surface area contributed by atoms with Crippen molar-refractivity contribution in [1.82, 2.24) is 5.32 Å². The summed E-state index contributed by atoms with van der Waals surface area (Å²) in [5, 5.41) is 2.81. The van der Waals surface area contributed by atoms with Gasteiger partial charge in [-0.25, -0.2) is 0 Å². The van der Waals surface area contributed by atoms with E-state index in [0.717, 1.165) is 75.4 Å². The third-order valence-electron chi connectivity index (χ3n) is 4.14. The maximum Gasteiger partial charge on any atom is 1.00 e. The average molecular weight is 386 g/mol. The molecule has 1 N–H and O–H groups in total. The van der Waals surface area contributed by atoms with Gasteiger partial charge in [-0.2, -0.15) is 0 Å². The van der Waals surface area contributed by atoms with Crippen molar-refractivity contribution in [3.8, 4) is 0 Å². The van der Waals surface area contributed by atoms with E-state index in [-0.39, 0.29) is 40.7 Å². The summed E-state index contributed by atoms with van der Waals surface area (Å²) < 4.78 is 23.0.